The van der Waals surface area contributed by atoms with Crippen LogP contribution in [-0.4, -0.2) is 13.7 Å². The molecule has 0 radical (unpaired) electrons. The minimum absolute atomic E-state index is 0.209. The lowest BCUT2D eigenvalue weighted by Gasteiger charge is -2.18. The first-order valence-corrected chi connectivity index (χ1v) is 9.49. The highest BCUT2D eigenvalue weighted by molar-refractivity contribution is 6.30. The van der Waals surface area contributed by atoms with Crippen molar-refractivity contribution in [3.05, 3.63) is 100 Å². The average Bonchev–Trinajstić information content (AvgIpc) is 2.70. The van der Waals surface area contributed by atoms with E-state index in [-0.39, 0.29) is 11.7 Å². The van der Waals surface area contributed by atoms with Crippen molar-refractivity contribution in [3.63, 3.8) is 0 Å². The molecule has 0 aliphatic carbocycles. The highest BCUT2D eigenvalue weighted by Gasteiger charge is 2.15. The van der Waals surface area contributed by atoms with Crippen LogP contribution in [0.4, 0.5) is 4.39 Å². The normalized spacial score (nSPS) is 12.0. The molecule has 0 spiro atoms. The number of hydrogen-bond acceptors (Lipinski definition) is 1. The maximum absolute atomic E-state index is 13.3. The van der Waals surface area contributed by atoms with Crippen LogP contribution < -0.4 is 10.1 Å². The molecule has 0 fully saturated rings. The van der Waals surface area contributed by atoms with Gasteiger partial charge in [-0.05, 0) is 59.7 Å². The maximum Gasteiger partial charge on any atom is 0.123 e. The van der Waals surface area contributed by atoms with Crippen molar-refractivity contribution < 1.29 is 14.4 Å². The molecule has 0 saturated heterocycles. The Hall–Kier alpha value is -2.36. The molecule has 140 valence electrons. The van der Waals surface area contributed by atoms with Crippen molar-refractivity contribution in [3.8, 4) is 5.75 Å². The van der Waals surface area contributed by atoms with Crippen molar-refractivity contribution >= 4 is 11.6 Å². The first-order valence-electron chi connectivity index (χ1n) is 9.11. The summed E-state index contributed by atoms with van der Waals surface area (Å²) in [7, 11) is 1.67. The number of hydrogen-bond donors (Lipinski definition) is 1. The minimum Gasteiger partial charge on any atom is -0.497 e. The molecule has 0 amide bonds. The smallest absolute Gasteiger partial charge is 0.123 e. The standard InChI is InChI=1S/C23H23ClFNO/c1-27-22-12-2-17(3-13-22)16-26-15-14-23(18-4-8-20(24)9-5-18)19-6-10-21(25)11-7-19/h2-13,23,26H,14-16H2,1H3/p+1/t23-/m0/s1. The fraction of sp³-hybridized carbons (Fsp3) is 0.217. The van der Waals surface area contributed by atoms with Crippen molar-refractivity contribution in [1.29, 1.82) is 0 Å². The monoisotopic (exact) mass is 384 g/mol. The average molecular weight is 385 g/mol. The van der Waals surface area contributed by atoms with E-state index < -0.39 is 0 Å². The molecule has 0 unspecified atom stereocenters. The van der Waals surface area contributed by atoms with E-state index in [1.807, 2.05) is 36.4 Å². The van der Waals surface area contributed by atoms with Gasteiger partial charge in [-0.1, -0.05) is 35.9 Å². The fourth-order valence-electron chi connectivity index (χ4n) is 3.23. The van der Waals surface area contributed by atoms with Crippen molar-refractivity contribution in [2.24, 2.45) is 0 Å². The molecule has 2 N–H and O–H groups in total. The van der Waals surface area contributed by atoms with Gasteiger partial charge in [0.05, 0.1) is 13.7 Å². The number of ether oxygens (including phenoxy) is 1. The Labute approximate surface area is 165 Å². The second kappa shape index (κ2) is 9.54. The quantitative estimate of drug-likeness (QED) is 0.556. The summed E-state index contributed by atoms with van der Waals surface area (Å²) in [6.45, 7) is 1.89. The number of nitrogens with two attached hydrogens (primary N) is 1. The van der Waals surface area contributed by atoms with Crippen molar-refractivity contribution in [1.82, 2.24) is 0 Å². The van der Waals surface area contributed by atoms with E-state index in [2.05, 4.69) is 29.6 Å². The SMILES string of the molecule is COc1ccc(C[NH2+]CC[C@H](c2ccc(F)cc2)c2ccc(Cl)cc2)cc1. The summed E-state index contributed by atoms with van der Waals surface area (Å²) < 4.78 is 18.5. The molecular formula is C23H24ClFNO+. The van der Waals surface area contributed by atoms with E-state index >= 15 is 0 Å². The molecule has 0 aromatic heterocycles. The van der Waals surface area contributed by atoms with Gasteiger partial charge in [0.2, 0.25) is 0 Å². The van der Waals surface area contributed by atoms with Crippen LogP contribution in [0, 0.1) is 5.82 Å². The van der Waals surface area contributed by atoms with Crippen LogP contribution in [0.25, 0.3) is 0 Å². The van der Waals surface area contributed by atoms with E-state index in [0.29, 0.717) is 0 Å². The molecule has 0 aliphatic rings. The van der Waals surface area contributed by atoms with Crippen molar-refractivity contribution in [2.75, 3.05) is 13.7 Å². The molecule has 2 nitrogen and oxygen atoms in total. The molecule has 1 atom stereocenters. The molecule has 3 rings (SSSR count). The number of rotatable bonds is 8. The zero-order valence-corrected chi connectivity index (χ0v) is 16.1. The first kappa shape index (κ1) is 19.4. The first-order chi connectivity index (χ1) is 13.2. The number of halogens is 2. The van der Waals surface area contributed by atoms with Gasteiger partial charge in [-0.15, -0.1) is 0 Å². The van der Waals surface area contributed by atoms with Gasteiger partial charge in [-0.25, -0.2) is 4.39 Å². The summed E-state index contributed by atoms with van der Waals surface area (Å²) in [5.74, 6) is 0.882. The molecule has 3 aromatic rings. The van der Waals surface area contributed by atoms with E-state index in [4.69, 9.17) is 16.3 Å². The summed E-state index contributed by atoms with van der Waals surface area (Å²) in [5, 5.41) is 3.02. The number of benzene rings is 3. The predicted molar refractivity (Wildman–Crippen MR) is 108 cm³/mol. The van der Waals surface area contributed by atoms with Crippen LogP contribution in [0.2, 0.25) is 5.02 Å². The van der Waals surface area contributed by atoms with Gasteiger partial charge in [0, 0.05) is 22.9 Å². The van der Waals surface area contributed by atoms with Crippen LogP contribution in [0.1, 0.15) is 29.0 Å². The molecule has 4 heteroatoms. The molecule has 0 heterocycles. The van der Waals surface area contributed by atoms with Crippen LogP contribution in [0.3, 0.4) is 0 Å². The highest BCUT2D eigenvalue weighted by atomic mass is 35.5. The van der Waals surface area contributed by atoms with Gasteiger partial charge in [0.15, 0.2) is 0 Å². The van der Waals surface area contributed by atoms with Crippen LogP contribution in [-0.2, 0) is 6.54 Å². The molecule has 0 bridgehead atoms. The Morgan fingerprint density at radius 2 is 1.48 bits per heavy atom. The summed E-state index contributed by atoms with van der Waals surface area (Å²) in [4.78, 5) is 0. The predicted octanol–water partition coefficient (Wildman–Crippen LogP) is 4.77. The highest BCUT2D eigenvalue weighted by Crippen LogP contribution is 2.28. The Balaban J connectivity index is 1.64. The minimum atomic E-state index is -0.209. The molecule has 0 aliphatic heterocycles. The zero-order chi connectivity index (χ0) is 19.1. The Morgan fingerprint density at radius 3 is 2.07 bits per heavy atom. The Kier molecular flexibility index (Phi) is 6.86. The third kappa shape index (κ3) is 5.56. The van der Waals surface area contributed by atoms with Gasteiger partial charge in [-0.3, -0.25) is 0 Å². The summed E-state index contributed by atoms with van der Waals surface area (Å²) >= 11 is 6.03. The van der Waals surface area contributed by atoms with E-state index in [1.165, 1.54) is 23.3 Å². The molecule has 3 aromatic carbocycles. The van der Waals surface area contributed by atoms with Crippen LogP contribution >= 0.6 is 11.6 Å². The lowest BCUT2D eigenvalue weighted by atomic mass is 9.88. The van der Waals surface area contributed by atoms with Gasteiger partial charge >= 0.3 is 0 Å². The molecule has 0 saturated carbocycles. The largest absolute Gasteiger partial charge is 0.497 e. The second-order valence-electron chi connectivity index (χ2n) is 6.57. The van der Waals surface area contributed by atoms with Crippen LogP contribution in [0.5, 0.6) is 5.75 Å². The van der Waals surface area contributed by atoms with Gasteiger partial charge in [0.1, 0.15) is 18.1 Å². The Bertz CT molecular complexity index is 786. The van der Waals surface area contributed by atoms with Gasteiger partial charge in [0.25, 0.3) is 0 Å². The zero-order valence-electron chi connectivity index (χ0n) is 15.4. The fourth-order valence-corrected chi connectivity index (χ4v) is 3.36. The number of quaternary nitrogens is 1. The summed E-state index contributed by atoms with van der Waals surface area (Å²) in [5.41, 5.74) is 3.58. The third-order valence-electron chi connectivity index (χ3n) is 4.74. The number of methoxy groups -OCH3 is 1. The molecular weight excluding hydrogens is 361 g/mol. The van der Waals surface area contributed by atoms with E-state index in [9.17, 15) is 4.39 Å². The summed E-state index contributed by atoms with van der Waals surface area (Å²) in [6, 6.07) is 22.9. The molecule has 27 heavy (non-hydrogen) atoms. The van der Waals surface area contributed by atoms with Crippen LogP contribution in [0.15, 0.2) is 72.8 Å². The Morgan fingerprint density at radius 1 is 0.889 bits per heavy atom. The lowest BCUT2D eigenvalue weighted by Crippen LogP contribution is -2.82. The van der Waals surface area contributed by atoms with Crippen molar-refractivity contribution in [2.45, 2.75) is 18.9 Å². The topological polar surface area (TPSA) is 25.8 Å². The van der Waals surface area contributed by atoms with E-state index in [0.717, 1.165) is 35.8 Å². The maximum atomic E-state index is 13.3. The third-order valence-corrected chi connectivity index (χ3v) is 5.00. The second-order valence-corrected chi connectivity index (χ2v) is 7.01. The summed E-state index contributed by atoms with van der Waals surface area (Å²) in [6.07, 6.45) is 0.962. The van der Waals surface area contributed by atoms with E-state index in [1.54, 1.807) is 7.11 Å². The van der Waals surface area contributed by atoms with Gasteiger partial charge < -0.3 is 10.1 Å². The van der Waals surface area contributed by atoms with Gasteiger partial charge in [-0.2, -0.15) is 0 Å². The lowest BCUT2D eigenvalue weighted by molar-refractivity contribution is -0.671.